The van der Waals surface area contributed by atoms with E-state index in [1.54, 1.807) is 42.7 Å². The van der Waals surface area contributed by atoms with E-state index in [0.29, 0.717) is 17.8 Å². The van der Waals surface area contributed by atoms with Gasteiger partial charge in [-0.1, -0.05) is 55.8 Å². The highest BCUT2D eigenvalue weighted by Gasteiger charge is 2.33. The molecule has 0 bridgehead atoms. The number of ether oxygens (including phenoxy) is 3. The van der Waals surface area contributed by atoms with Crippen molar-refractivity contribution in [1.29, 1.82) is 0 Å². The summed E-state index contributed by atoms with van der Waals surface area (Å²) in [5.41, 5.74) is 1.10. The summed E-state index contributed by atoms with van der Waals surface area (Å²) in [6, 6.07) is 14.1. The van der Waals surface area contributed by atoms with Crippen molar-refractivity contribution in [2.24, 2.45) is 0 Å². The minimum atomic E-state index is -1.46. The molecule has 3 rings (SSSR count). The summed E-state index contributed by atoms with van der Waals surface area (Å²) in [7, 11) is 0. The van der Waals surface area contributed by atoms with Crippen LogP contribution in [0, 0.1) is 0 Å². The number of imidazole rings is 1. The van der Waals surface area contributed by atoms with Gasteiger partial charge in [0.15, 0.2) is 5.69 Å². The third kappa shape index (κ3) is 7.69. The van der Waals surface area contributed by atoms with Gasteiger partial charge in [-0.2, -0.15) is 0 Å². The molecule has 0 unspecified atom stereocenters. The second-order valence-electron chi connectivity index (χ2n) is 10.1. The fraction of sp³-hybridized carbons (Fsp3) is 0.400. The Balaban J connectivity index is 1.95. The van der Waals surface area contributed by atoms with E-state index in [-0.39, 0.29) is 23.5 Å². The molecule has 0 saturated carbocycles. The van der Waals surface area contributed by atoms with Crippen LogP contribution in [0.25, 0.3) is 11.1 Å². The lowest BCUT2D eigenvalue weighted by molar-refractivity contribution is -0.0355. The summed E-state index contributed by atoms with van der Waals surface area (Å²) in [5, 5.41) is 20.4. The minimum absolute atomic E-state index is 0.0553. The lowest BCUT2D eigenvalue weighted by Gasteiger charge is -2.18. The van der Waals surface area contributed by atoms with Crippen LogP contribution in [0.3, 0.4) is 0 Å². The molecular weight excluding hydrogens is 516 g/mol. The Morgan fingerprint density at radius 3 is 2.30 bits per heavy atom. The van der Waals surface area contributed by atoms with Gasteiger partial charge in [-0.05, 0) is 56.9 Å². The van der Waals surface area contributed by atoms with Crippen molar-refractivity contribution in [2.75, 3.05) is 6.79 Å². The fourth-order valence-electron chi connectivity index (χ4n) is 4.15. The summed E-state index contributed by atoms with van der Waals surface area (Å²) >= 11 is 0. The normalized spacial score (nSPS) is 11.4. The zero-order chi connectivity index (χ0) is 29.4. The van der Waals surface area contributed by atoms with Gasteiger partial charge in [0.1, 0.15) is 17.1 Å². The molecule has 2 N–H and O–H groups in total. The number of aryl methyl sites for hydroxylation is 1. The Morgan fingerprint density at radius 2 is 1.70 bits per heavy atom. The smallest absolute Gasteiger partial charge is 0.478 e. The predicted octanol–water partition coefficient (Wildman–Crippen LogP) is 5.54. The number of nitrogens with zero attached hydrogens (tertiary/aromatic N) is 2. The van der Waals surface area contributed by atoms with Crippen molar-refractivity contribution in [1.82, 2.24) is 9.55 Å². The van der Waals surface area contributed by atoms with Crippen LogP contribution in [0.1, 0.15) is 85.4 Å². The van der Waals surface area contributed by atoms with E-state index in [4.69, 9.17) is 14.2 Å². The summed E-state index contributed by atoms with van der Waals surface area (Å²) < 4.78 is 16.7. The quantitative estimate of drug-likeness (QED) is 0.219. The molecule has 0 aliphatic rings. The Hall–Kier alpha value is -4.18. The lowest BCUT2D eigenvalue weighted by Crippen LogP contribution is -2.24. The molecule has 0 aliphatic heterocycles. The Bertz CT molecular complexity index is 1340. The number of aromatic nitrogens is 2. The second kappa shape index (κ2) is 13.3. The first-order chi connectivity index (χ1) is 18.9. The second-order valence-corrected chi connectivity index (χ2v) is 10.1. The van der Waals surface area contributed by atoms with Crippen LogP contribution < -0.4 is 0 Å². The van der Waals surface area contributed by atoms with Crippen molar-refractivity contribution in [3.05, 3.63) is 76.9 Å². The highest BCUT2D eigenvalue weighted by atomic mass is 16.8. The van der Waals surface area contributed by atoms with E-state index in [9.17, 15) is 24.6 Å². The maximum absolute atomic E-state index is 13.3. The zero-order valence-electron chi connectivity index (χ0n) is 23.5. The number of rotatable bonds is 12. The van der Waals surface area contributed by atoms with Crippen LogP contribution in [0.5, 0.6) is 0 Å². The van der Waals surface area contributed by atoms with Gasteiger partial charge in [0.05, 0.1) is 11.7 Å². The number of aliphatic hydroxyl groups is 1. The van der Waals surface area contributed by atoms with Crippen molar-refractivity contribution in [2.45, 2.75) is 72.1 Å². The summed E-state index contributed by atoms with van der Waals surface area (Å²) in [6.07, 6.45) is 0.914. The Labute approximate surface area is 233 Å². The number of unbranched alkanes of at least 4 members (excludes halogenated alkanes) is 1. The van der Waals surface area contributed by atoms with Crippen LogP contribution in [-0.2, 0) is 32.8 Å². The van der Waals surface area contributed by atoms with E-state index >= 15 is 0 Å². The number of carboxylic acids is 1. The molecule has 3 aromatic rings. The molecule has 0 aliphatic carbocycles. The van der Waals surface area contributed by atoms with Crippen LogP contribution in [0.15, 0.2) is 48.5 Å². The van der Waals surface area contributed by atoms with Crippen molar-refractivity contribution < 1.29 is 38.8 Å². The fourth-order valence-corrected chi connectivity index (χ4v) is 4.15. The number of carbonyl (C=O) groups is 3. The molecule has 0 atom stereocenters. The maximum Gasteiger partial charge on any atom is 0.511 e. The molecule has 1 heterocycles. The molecule has 10 heteroatoms. The maximum atomic E-state index is 13.3. The van der Waals surface area contributed by atoms with Gasteiger partial charge >= 0.3 is 18.1 Å². The number of aromatic carboxylic acids is 1. The summed E-state index contributed by atoms with van der Waals surface area (Å²) in [4.78, 5) is 41.3. The lowest BCUT2D eigenvalue weighted by atomic mass is 9.98. The van der Waals surface area contributed by atoms with Gasteiger partial charge in [0, 0.05) is 13.0 Å². The molecule has 0 saturated heterocycles. The third-order valence-electron chi connectivity index (χ3n) is 6.04. The molecule has 10 nitrogen and oxygen atoms in total. The van der Waals surface area contributed by atoms with Gasteiger partial charge in [-0.15, -0.1) is 0 Å². The summed E-state index contributed by atoms with van der Waals surface area (Å²) in [5.74, 6) is -1.22. The molecule has 0 fully saturated rings. The van der Waals surface area contributed by atoms with E-state index in [1.165, 1.54) is 13.8 Å². The first kappa shape index (κ1) is 30.4. The highest BCUT2D eigenvalue weighted by Crippen LogP contribution is 2.28. The van der Waals surface area contributed by atoms with E-state index in [2.05, 4.69) is 4.98 Å². The standard InChI is InChI=1S/C30H36N2O8/c1-6-7-12-24-31-26(30(4,5)37)25(28(35)38-18-39-29(36)40-19(2)3)32(24)17-20-13-15-21(16-14-20)22-10-8-9-11-23(22)27(33)34/h8-11,13-16,19,37H,6-7,12,17-18H2,1-5H3,(H,33,34). The molecule has 0 radical (unpaired) electrons. The number of hydrogen-bond acceptors (Lipinski definition) is 8. The molecule has 40 heavy (non-hydrogen) atoms. The molecule has 1 aromatic heterocycles. The topological polar surface area (TPSA) is 137 Å². The first-order valence-electron chi connectivity index (χ1n) is 13.2. The van der Waals surface area contributed by atoms with Crippen molar-refractivity contribution in [3.63, 3.8) is 0 Å². The molecule has 2 aromatic carbocycles. The number of hydrogen-bond donors (Lipinski definition) is 2. The predicted molar refractivity (Wildman–Crippen MR) is 147 cm³/mol. The van der Waals surface area contributed by atoms with E-state index in [1.807, 2.05) is 31.2 Å². The van der Waals surface area contributed by atoms with Gasteiger partial charge in [-0.3, -0.25) is 0 Å². The average Bonchev–Trinajstić information content (AvgIpc) is 3.26. The average molecular weight is 553 g/mol. The van der Waals surface area contributed by atoms with Crippen molar-refractivity contribution in [3.8, 4) is 11.1 Å². The first-order valence-corrected chi connectivity index (χ1v) is 13.2. The van der Waals surface area contributed by atoms with Crippen molar-refractivity contribution >= 4 is 18.1 Å². The monoisotopic (exact) mass is 552 g/mol. The van der Waals surface area contributed by atoms with Crippen LogP contribution in [0.2, 0.25) is 0 Å². The van der Waals surface area contributed by atoms with Gasteiger partial charge in [0.2, 0.25) is 6.79 Å². The molecule has 214 valence electrons. The number of carboxylic acid groups (broad SMARTS) is 1. The van der Waals surface area contributed by atoms with Crippen LogP contribution in [-0.4, -0.2) is 50.8 Å². The zero-order valence-corrected chi connectivity index (χ0v) is 23.5. The van der Waals surface area contributed by atoms with Crippen LogP contribution >= 0.6 is 0 Å². The van der Waals surface area contributed by atoms with E-state index < -0.39 is 36.6 Å². The molecular formula is C30H36N2O8. The van der Waals surface area contributed by atoms with Gasteiger partial charge < -0.3 is 29.0 Å². The molecule has 0 spiro atoms. The Morgan fingerprint density at radius 1 is 1.02 bits per heavy atom. The molecule has 0 amide bonds. The number of carbonyl (C=O) groups excluding carboxylic acids is 2. The van der Waals surface area contributed by atoms with E-state index in [0.717, 1.165) is 24.0 Å². The largest absolute Gasteiger partial charge is 0.511 e. The highest BCUT2D eigenvalue weighted by molar-refractivity contribution is 5.96. The van der Waals surface area contributed by atoms with Crippen LogP contribution in [0.4, 0.5) is 4.79 Å². The Kier molecular flexibility index (Phi) is 10.1. The number of benzene rings is 2. The summed E-state index contributed by atoms with van der Waals surface area (Å²) in [6.45, 7) is 8.01. The number of esters is 1. The van der Waals surface area contributed by atoms with Gasteiger partial charge in [0.25, 0.3) is 0 Å². The third-order valence-corrected chi connectivity index (χ3v) is 6.04. The SMILES string of the molecule is CCCCc1nc(C(C)(C)O)c(C(=O)OCOC(=O)OC(C)C)n1Cc1ccc(-c2ccccc2C(=O)O)cc1. The van der Waals surface area contributed by atoms with Gasteiger partial charge in [-0.25, -0.2) is 19.4 Å². The minimum Gasteiger partial charge on any atom is -0.478 e.